The lowest BCUT2D eigenvalue weighted by Crippen LogP contribution is -2.19. The number of pyridine rings is 1. The van der Waals surface area contributed by atoms with Gasteiger partial charge in [0, 0.05) is 19.2 Å². The summed E-state index contributed by atoms with van der Waals surface area (Å²) in [6.45, 7) is -0.466. The third-order valence-electron chi connectivity index (χ3n) is 3.06. The predicted octanol–water partition coefficient (Wildman–Crippen LogP) is 3.51. The molecule has 1 aromatic carbocycles. The fourth-order valence-corrected chi connectivity index (χ4v) is 2.08. The number of hydrogen-bond donors (Lipinski definition) is 1. The lowest BCUT2D eigenvalue weighted by molar-refractivity contribution is 0.178. The highest BCUT2D eigenvalue weighted by Gasteiger charge is 2.16. The molecule has 22 heavy (non-hydrogen) atoms. The molecule has 0 fully saturated rings. The second-order valence-electron chi connectivity index (χ2n) is 4.57. The Morgan fingerprint density at radius 3 is 2.82 bits per heavy atom. The van der Waals surface area contributed by atoms with Crippen LogP contribution in [-0.2, 0) is 0 Å². The number of hydrogen-bond acceptors (Lipinski definition) is 4. The number of alkyl halides is 1. The number of nitrogens with one attached hydrogen (secondary N) is 1. The summed E-state index contributed by atoms with van der Waals surface area (Å²) in [5, 5.41) is 2.19. The molecule has 1 aromatic heterocycles. The normalized spacial score (nSPS) is 13.9. The van der Waals surface area contributed by atoms with Gasteiger partial charge in [-0.25, -0.2) is 9.37 Å². The molecule has 0 bridgehead atoms. The molecule has 118 valence electrons. The first-order chi connectivity index (χ1) is 11.5. The first kappa shape index (κ1) is 13.5. The number of ether oxygens (including phenoxy) is 2. The van der Waals surface area contributed by atoms with E-state index in [4.69, 9.17) is 12.2 Å². The van der Waals surface area contributed by atoms with Crippen molar-refractivity contribution in [1.29, 1.82) is 0 Å². The summed E-state index contributed by atoms with van der Waals surface area (Å²) in [4.78, 5) is 4.15. The van der Waals surface area contributed by atoms with Gasteiger partial charge in [-0.1, -0.05) is 30.3 Å². The summed E-state index contributed by atoms with van der Waals surface area (Å²) in [6.07, 6.45) is 1.62. The Balaban J connectivity index is 2.14. The van der Waals surface area contributed by atoms with Gasteiger partial charge in [0.15, 0.2) is 5.75 Å². The smallest absolute Gasteiger partial charge is 0.257 e. The molecular formula is C17H21FN2O2. The zero-order chi connectivity index (χ0) is 17.4. The van der Waals surface area contributed by atoms with Crippen LogP contribution in [0.2, 0.25) is 0 Å². The molecule has 2 rings (SSSR count). The average Bonchev–Trinajstić information content (AvgIpc) is 2.55. The van der Waals surface area contributed by atoms with Crippen LogP contribution in [0, 0.1) is 0 Å². The first-order valence-corrected chi connectivity index (χ1v) is 7.23. The van der Waals surface area contributed by atoms with Crippen molar-refractivity contribution in [2.24, 2.45) is 0 Å². The third-order valence-corrected chi connectivity index (χ3v) is 3.06. The van der Waals surface area contributed by atoms with Crippen molar-refractivity contribution in [3.8, 4) is 11.6 Å². The van der Waals surface area contributed by atoms with Crippen LogP contribution in [0.4, 0.5) is 4.39 Å². The van der Waals surface area contributed by atoms with Crippen LogP contribution in [0.15, 0.2) is 48.7 Å². The summed E-state index contributed by atoms with van der Waals surface area (Å²) in [7, 11) is 0. The Bertz CT molecular complexity index is 623. The maximum Gasteiger partial charge on any atom is 0.257 e. The fourth-order valence-electron chi connectivity index (χ4n) is 2.08. The van der Waals surface area contributed by atoms with Crippen molar-refractivity contribution in [3.05, 3.63) is 54.2 Å². The van der Waals surface area contributed by atoms with Crippen molar-refractivity contribution in [1.82, 2.24) is 10.3 Å². The maximum atomic E-state index is 13.0. The predicted molar refractivity (Wildman–Crippen MR) is 83.8 cm³/mol. The van der Waals surface area contributed by atoms with Gasteiger partial charge in [0.25, 0.3) is 5.88 Å². The number of rotatable bonds is 9. The van der Waals surface area contributed by atoms with Crippen LogP contribution in [-0.4, -0.2) is 24.9 Å². The van der Waals surface area contributed by atoms with Gasteiger partial charge >= 0.3 is 0 Å². The summed E-state index contributed by atoms with van der Waals surface area (Å²) >= 11 is 0. The van der Waals surface area contributed by atoms with Crippen LogP contribution < -0.4 is 14.8 Å². The van der Waals surface area contributed by atoms with E-state index in [0.717, 1.165) is 5.56 Å². The van der Waals surface area contributed by atoms with E-state index in [0.29, 0.717) is 24.7 Å². The molecule has 0 radical (unpaired) electrons. The SMILES string of the molecule is [2H]C([2H])([18F])NCC[C@@H](Oc1cccnc1OCC)c1ccccc1. The van der Waals surface area contributed by atoms with Crippen LogP contribution in [0.1, 0.15) is 27.8 Å². The van der Waals surface area contributed by atoms with E-state index in [1.165, 1.54) is 0 Å². The number of nitrogens with zero attached hydrogens (tertiary/aromatic N) is 1. The van der Waals surface area contributed by atoms with Crippen molar-refractivity contribution in [3.63, 3.8) is 0 Å². The Labute approximate surface area is 133 Å². The summed E-state index contributed by atoms with van der Waals surface area (Å²) in [6, 6.07) is 13.0. The minimum absolute atomic E-state index is 0.118. The van der Waals surface area contributed by atoms with E-state index in [9.17, 15) is 4.39 Å². The van der Waals surface area contributed by atoms with Gasteiger partial charge in [-0.15, -0.1) is 0 Å². The highest BCUT2D eigenvalue weighted by Crippen LogP contribution is 2.30. The molecule has 2 aromatic rings. The van der Waals surface area contributed by atoms with Gasteiger partial charge in [-0.05, 0) is 24.6 Å². The molecule has 0 unspecified atom stereocenters. The Hall–Kier alpha value is -2.14. The third kappa shape index (κ3) is 4.70. The molecule has 0 spiro atoms. The average molecular weight is 305 g/mol. The Kier molecular flexibility index (Phi) is 5.53. The largest absolute Gasteiger partial charge is 0.480 e. The maximum absolute atomic E-state index is 13.0. The zero-order valence-electron chi connectivity index (χ0n) is 14.5. The minimum Gasteiger partial charge on any atom is -0.480 e. The van der Waals surface area contributed by atoms with Gasteiger partial charge in [0.1, 0.15) is 12.9 Å². The lowest BCUT2D eigenvalue weighted by Gasteiger charge is -2.20. The van der Waals surface area contributed by atoms with Gasteiger partial charge in [0.2, 0.25) is 0 Å². The molecule has 0 amide bonds. The Morgan fingerprint density at radius 2 is 2.09 bits per heavy atom. The van der Waals surface area contributed by atoms with Crippen LogP contribution in [0.5, 0.6) is 11.6 Å². The number of benzene rings is 1. The van der Waals surface area contributed by atoms with E-state index in [1.807, 2.05) is 37.3 Å². The summed E-state index contributed by atoms with van der Waals surface area (Å²) in [5.74, 6) is 0.895. The molecule has 4 nitrogen and oxygen atoms in total. The van der Waals surface area contributed by atoms with Crippen molar-refractivity contribution in [2.45, 2.75) is 19.4 Å². The minimum atomic E-state index is -2.91. The van der Waals surface area contributed by atoms with Gasteiger partial charge < -0.3 is 9.47 Å². The first-order valence-electron chi connectivity index (χ1n) is 8.23. The van der Waals surface area contributed by atoms with E-state index >= 15 is 0 Å². The van der Waals surface area contributed by atoms with Gasteiger partial charge in [-0.2, -0.15) is 0 Å². The summed E-state index contributed by atoms with van der Waals surface area (Å²) in [5.41, 5.74) is 0.907. The van der Waals surface area contributed by atoms with Crippen LogP contribution in [0.25, 0.3) is 0 Å². The molecule has 0 aliphatic carbocycles. The van der Waals surface area contributed by atoms with Gasteiger partial charge in [0.05, 0.1) is 9.35 Å². The van der Waals surface area contributed by atoms with Crippen LogP contribution >= 0.6 is 0 Å². The Morgan fingerprint density at radius 1 is 1.27 bits per heavy atom. The summed E-state index contributed by atoms with van der Waals surface area (Å²) < 4.78 is 38.3. The molecule has 1 heterocycles. The topological polar surface area (TPSA) is 43.4 Å². The second kappa shape index (κ2) is 9.00. The monoisotopic (exact) mass is 305 g/mol. The molecule has 1 atom stereocenters. The lowest BCUT2D eigenvalue weighted by atomic mass is 10.1. The quantitative estimate of drug-likeness (QED) is 0.720. The van der Waals surface area contributed by atoms with E-state index in [1.54, 1.807) is 18.3 Å². The number of aromatic nitrogens is 1. The molecule has 5 heteroatoms. The van der Waals surface area contributed by atoms with Gasteiger partial charge in [-0.3, -0.25) is 5.32 Å². The zero-order valence-corrected chi connectivity index (χ0v) is 12.5. The molecule has 0 aliphatic rings. The standard InChI is InChI=1S/C17H21FN2O2/c1-2-21-17-16(9-6-11-20-17)22-15(10-12-19-13-18)14-7-4-3-5-8-14/h3-9,11,15,19H,2,10,12-13H2,1H3/t15-/m1/s1/i13D2,18-1. The van der Waals surface area contributed by atoms with Crippen molar-refractivity contribution >= 4 is 0 Å². The van der Waals surface area contributed by atoms with Crippen LogP contribution in [0.3, 0.4) is 0 Å². The van der Waals surface area contributed by atoms with E-state index in [2.05, 4.69) is 10.3 Å². The number of halogens is 1. The van der Waals surface area contributed by atoms with Crippen molar-refractivity contribution in [2.75, 3.05) is 19.9 Å². The molecule has 0 saturated carbocycles. The highest BCUT2D eigenvalue weighted by atomic mass is 18.2. The van der Waals surface area contributed by atoms with Crippen molar-refractivity contribution < 1.29 is 16.6 Å². The highest BCUT2D eigenvalue weighted by molar-refractivity contribution is 5.33. The molecule has 1 N–H and O–H groups in total. The second-order valence-corrected chi connectivity index (χ2v) is 4.57. The van der Waals surface area contributed by atoms with E-state index < -0.39 is 6.75 Å². The molecule has 0 aliphatic heterocycles. The van der Waals surface area contributed by atoms with E-state index in [-0.39, 0.29) is 12.6 Å². The molecule has 0 saturated heterocycles. The molecular weight excluding hydrogens is 282 g/mol. The fraction of sp³-hybridized carbons (Fsp3) is 0.353.